The van der Waals surface area contributed by atoms with Crippen LogP contribution in [0.2, 0.25) is 0 Å². The summed E-state index contributed by atoms with van der Waals surface area (Å²) >= 11 is 2.50. The summed E-state index contributed by atoms with van der Waals surface area (Å²) < 4.78 is 2.53. The molecule has 0 aromatic heterocycles. The van der Waals surface area contributed by atoms with Crippen molar-refractivity contribution in [1.82, 2.24) is 3.11 Å². The molecule has 10 heavy (non-hydrogen) atoms. The fourth-order valence-corrected chi connectivity index (χ4v) is 3.36. The Hall–Kier alpha value is 0.690. The molecular weight excluding hydrogens is 237 g/mol. The average Bonchev–Trinajstić information content (AvgIpc) is 2.34. The molecule has 0 spiro atoms. The van der Waals surface area contributed by atoms with Gasteiger partial charge in [0, 0.05) is 35.5 Å². The summed E-state index contributed by atoms with van der Waals surface area (Å²) in [6.07, 6.45) is 7.40. The molecule has 0 aromatic carbocycles. The maximum Gasteiger partial charge on any atom is 0.0222 e. The Kier molecular flexibility index (Phi) is 2.18. The minimum Gasteiger partial charge on any atom is -0.244 e. The molecule has 1 nitrogen and oxygen atoms in total. The van der Waals surface area contributed by atoms with Gasteiger partial charge >= 0.3 is 0 Å². The molecule has 0 bridgehead atoms. The first-order valence-corrected chi connectivity index (χ1v) is 5.27. The average molecular weight is 251 g/mol. The summed E-state index contributed by atoms with van der Waals surface area (Å²) in [5.41, 5.74) is 0. The van der Waals surface area contributed by atoms with E-state index in [1.807, 2.05) is 0 Å². The number of nitrogens with zero attached hydrogens (tertiary/aromatic N) is 1. The second-order valence-electron chi connectivity index (χ2n) is 3.52. The standard InChI is InChI=1S/C8H14IN/c9-10-6-5-7-3-1-2-4-8(7)10/h7-8H,1-6H2. The Balaban J connectivity index is 2.01. The molecule has 1 aliphatic heterocycles. The normalized spacial score (nSPS) is 41.7. The number of rotatable bonds is 0. The van der Waals surface area contributed by atoms with E-state index in [1.54, 1.807) is 0 Å². The Labute approximate surface area is 76.7 Å². The Morgan fingerprint density at radius 1 is 1.10 bits per heavy atom. The zero-order chi connectivity index (χ0) is 6.97. The maximum absolute atomic E-state index is 2.53. The monoisotopic (exact) mass is 251 g/mol. The highest BCUT2D eigenvalue weighted by molar-refractivity contribution is 14.1. The number of hydrogen-bond acceptors (Lipinski definition) is 1. The molecule has 0 N–H and O–H groups in total. The maximum atomic E-state index is 2.53. The van der Waals surface area contributed by atoms with Crippen LogP contribution in [0.3, 0.4) is 0 Å². The van der Waals surface area contributed by atoms with Crippen molar-refractivity contribution in [2.24, 2.45) is 5.92 Å². The van der Waals surface area contributed by atoms with Crippen LogP contribution in [0.25, 0.3) is 0 Å². The Morgan fingerprint density at radius 2 is 1.90 bits per heavy atom. The second kappa shape index (κ2) is 2.97. The zero-order valence-electron chi connectivity index (χ0n) is 6.22. The fourth-order valence-electron chi connectivity index (χ4n) is 2.35. The van der Waals surface area contributed by atoms with Gasteiger partial charge in [0.2, 0.25) is 0 Å². The third-order valence-electron chi connectivity index (χ3n) is 2.94. The van der Waals surface area contributed by atoms with Crippen molar-refractivity contribution in [2.45, 2.75) is 38.1 Å². The molecule has 2 aliphatic rings. The van der Waals surface area contributed by atoms with E-state index in [9.17, 15) is 0 Å². The summed E-state index contributed by atoms with van der Waals surface area (Å²) in [6.45, 7) is 1.34. The quantitative estimate of drug-likeness (QED) is 0.472. The van der Waals surface area contributed by atoms with Crippen LogP contribution in [0, 0.1) is 5.92 Å². The molecule has 1 saturated heterocycles. The van der Waals surface area contributed by atoms with Crippen LogP contribution in [0.15, 0.2) is 0 Å². The minimum absolute atomic E-state index is 0.953. The first kappa shape index (κ1) is 7.35. The highest BCUT2D eigenvalue weighted by Crippen LogP contribution is 2.37. The van der Waals surface area contributed by atoms with Gasteiger partial charge < -0.3 is 0 Å². The van der Waals surface area contributed by atoms with Gasteiger partial charge in [-0.25, -0.2) is 3.11 Å². The molecule has 2 unspecified atom stereocenters. The molecule has 2 atom stereocenters. The van der Waals surface area contributed by atoms with Gasteiger partial charge in [-0.1, -0.05) is 12.8 Å². The van der Waals surface area contributed by atoms with Gasteiger partial charge in [0.25, 0.3) is 0 Å². The van der Waals surface area contributed by atoms with Gasteiger partial charge in [-0.05, 0) is 25.2 Å². The van der Waals surface area contributed by atoms with E-state index in [4.69, 9.17) is 0 Å². The van der Waals surface area contributed by atoms with Gasteiger partial charge in [-0.3, -0.25) is 0 Å². The number of fused-ring (bicyclic) bond motifs is 1. The van der Waals surface area contributed by atoms with Crippen LogP contribution >= 0.6 is 22.9 Å². The lowest BCUT2D eigenvalue weighted by Crippen LogP contribution is -2.27. The van der Waals surface area contributed by atoms with Gasteiger partial charge in [-0.2, -0.15) is 0 Å². The molecule has 1 saturated carbocycles. The van der Waals surface area contributed by atoms with E-state index in [0.29, 0.717) is 0 Å². The molecule has 2 heteroatoms. The molecular formula is C8H14IN. The van der Waals surface area contributed by atoms with Gasteiger partial charge in [0.05, 0.1) is 0 Å². The van der Waals surface area contributed by atoms with E-state index < -0.39 is 0 Å². The van der Waals surface area contributed by atoms with Gasteiger partial charge in [0.15, 0.2) is 0 Å². The molecule has 1 aliphatic carbocycles. The van der Waals surface area contributed by atoms with Crippen LogP contribution < -0.4 is 0 Å². The van der Waals surface area contributed by atoms with Gasteiger partial charge in [-0.15, -0.1) is 0 Å². The Bertz CT molecular complexity index is 124. The first-order chi connectivity index (χ1) is 4.88. The molecule has 0 aromatic rings. The molecule has 2 fully saturated rings. The van der Waals surface area contributed by atoms with Crippen LogP contribution in [-0.4, -0.2) is 15.7 Å². The lowest BCUT2D eigenvalue weighted by Gasteiger charge is -2.27. The molecule has 58 valence electrons. The van der Waals surface area contributed by atoms with Crippen LogP contribution in [0.4, 0.5) is 0 Å². The van der Waals surface area contributed by atoms with Crippen molar-refractivity contribution in [3.8, 4) is 0 Å². The van der Waals surface area contributed by atoms with Crippen molar-refractivity contribution < 1.29 is 0 Å². The summed E-state index contributed by atoms with van der Waals surface area (Å²) in [5.74, 6) is 1.06. The minimum atomic E-state index is 0.953. The molecule has 1 heterocycles. The topological polar surface area (TPSA) is 3.24 Å². The fraction of sp³-hybridized carbons (Fsp3) is 1.00. The highest BCUT2D eigenvalue weighted by atomic mass is 127. The van der Waals surface area contributed by atoms with E-state index >= 15 is 0 Å². The molecule has 2 rings (SSSR count). The van der Waals surface area contributed by atoms with Crippen LogP contribution in [-0.2, 0) is 0 Å². The van der Waals surface area contributed by atoms with Crippen molar-refractivity contribution in [3.63, 3.8) is 0 Å². The summed E-state index contributed by atoms with van der Waals surface area (Å²) in [4.78, 5) is 0. The van der Waals surface area contributed by atoms with Crippen molar-refractivity contribution in [3.05, 3.63) is 0 Å². The van der Waals surface area contributed by atoms with Crippen LogP contribution in [0.5, 0.6) is 0 Å². The summed E-state index contributed by atoms with van der Waals surface area (Å²) in [6, 6.07) is 0.953. The highest BCUT2D eigenvalue weighted by Gasteiger charge is 2.34. The molecule has 0 amide bonds. The Morgan fingerprint density at radius 3 is 2.70 bits per heavy atom. The predicted octanol–water partition coefficient (Wildman–Crippen LogP) is 2.60. The predicted molar refractivity (Wildman–Crippen MR) is 51.1 cm³/mol. The summed E-state index contributed by atoms with van der Waals surface area (Å²) in [7, 11) is 0. The lowest BCUT2D eigenvalue weighted by molar-refractivity contribution is 0.285. The van der Waals surface area contributed by atoms with E-state index in [-0.39, 0.29) is 0 Å². The van der Waals surface area contributed by atoms with Crippen molar-refractivity contribution in [1.29, 1.82) is 0 Å². The van der Waals surface area contributed by atoms with E-state index in [2.05, 4.69) is 26.0 Å². The lowest BCUT2D eigenvalue weighted by atomic mass is 9.86. The summed E-state index contributed by atoms with van der Waals surface area (Å²) in [5, 5.41) is 0. The van der Waals surface area contributed by atoms with E-state index in [0.717, 1.165) is 12.0 Å². The van der Waals surface area contributed by atoms with Crippen molar-refractivity contribution >= 4 is 22.9 Å². The largest absolute Gasteiger partial charge is 0.244 e. The van der Waals surface area contributed by atoms with Gasteiger partial charge in [0.1, 0.15) is 0 Å². The SMILES string of the molecule is IN1CCC2CCCCC21. The second-order valence-corrected chi connectivity index (χ2v) is 4.76. The number of halogens is 1. The third kappa shape index (κ3) is 1.20. The van der Waals surface area contributed by atoms with E-state index in [1.165, 1.54) is 38.6 Å². The first-order valence-electron chi connectivity index (χ1n) is 4.30. The van der Waals surface area contributed by atoms with Crippen molar-refractivity contribution in [2.75, 3.05) is 6.54 Å². The zero-order valence-corrected chi connectivity index (χ0v) is 8.38. The smallest absolute Gasteiger partial charge is 0.0222 e. The number of hydrogen-bond donors (Lipinski definition) is 0. The molecule has 0 radical (unpaired) electrons. The van der Waals surface area contributed by atoms with Crippen LogP contribution in [0.1, 0.15) is 32.1 Å². The third-order valence-corrected chi connectivity index (χ3v) is 4.14.